The second-order valence-electron chi connectivity index (χ2n) is 3.99. The third-order valence-corrected chi connectivity index (χ3v) is 2.68. The Morgan fingerprint density at radius 3 is 2.53 bits per heavy atom. The average Bonchev–Trinajstić information content (AvgIpc) is 2.38. The van der Waals surface area contributed by atoms with E-state index in [0.29, 0.717) is 16.8 Å². The summed E-state index contributed by atoms with van der Waals surface area (Å²) in [7, 11) is 0. The van der Waals surface area contributed by atoms with Crippen molar-refractivity contribution < 1.29 is 4.92 Å². The van der Waals surface area contributed by atoms with Crippen molar-refractivity contribution in [3.05, 3.63) is 51.7 Å². The fourth-order valence-electron chi connectivity index (χ4n) is 1.81. The summed E-state index contributed by atoms with van der Waals surface area (Å²) < 4.78 is 0. The summed E-state index contributed by atoms with van der Waals surface area (Å²) in [6, 6.07) is 9.70. The van der Waals surface area contributed by atoms with Crippen molar-refractivity contribution in [2.45, 2.75) is 6.92 Å². The number of nitro benzene ring substituents is 1. The van der Waals surface area contributed by atoms with Crippen molar-refractivity contribution in [3.8, 4) is 17.2 Å². The minimum absolute atomic E-state index is 0.000933. The summed E-state index contributed by atoms with van der Waals surface area (Å²) >= 11 is 0. The largest absolute Gasteiger partial charge is 0.383 e. The lowest BCUT2D eigenvalue weighted by atomic mass is 10.0. The normalized spacial score (nSPS) is 9.89. The molecule has 6 heteroatoms. The molecule has 2 N–H and O–H groups in total. The van der Waals surface area contributed by atoms with Crippen LogP contribution in [0.4, 0.5) is 11.5 Å². The van der Waals surface area contributed by atoms with E-state index >= 15 is 0 Å². The van der Waals surface area contributed by atoms with E-state index in [0.717, 1.165) is 0 Å². The van der Waals surface area contributed by atoms with E-state index in [2.05, 4.69) is 4.98 Å². The van der Waals surface area contributed by atoms with Gasteiger partial charge in [-0.05, 0) is 30.7 Å². The molecule has 0 atom stereocenters. The highest BCUT2D eigenvalue weighted by atomic mass is 16.6. The molecule has 0 saturated heterocycles. The zero-order valence-corrected chi connectivity index (χ0v) is 10.1. The van der Waals surface area contributed by atoms with Gasteiger partial charge in [0.25, 0.3) is 5.69 Å². The number of non-ortho nitro benzene ring substituents is 1. The van der Waals surface area contributed by atoms with Crippen LogP contribution in [0, 0.1) is 28.4 Å². The maximum atomic E-state index is 10.6. The maximum absolute atomic E-state index is 10.6. The third-order valence-electron chi connectivity index (χ3n) is 2.68. The highest BCUT2D eigenvalue weighted by Crippen LogP contribution is 2.28. The number of benzene rings is 1. The highest BCUT2D eigenvalue weighted by molar-refractivity contribution is 5.76. The zero-order valence-electron chi connectivity index (χ0n) is 10.1. The molecule has 0 aliphatic heterocycles. The first-order valence-corrected chi connectivity index (χ1v) is 5.45. The molecular formula is C13H10N4O2. The molecule has 0 radical (unpaired) electrons. The van der Waals surface area contributed by atoms with Gasteiger partial charge >= 0.3 is 0 Å². The van der Waals surface area contributed by atoms with Gasteiger partial charge in [-0.2, -0.15) is 5.26 Å². The quantitative estimate of drug-likeness (QED) is 0.654. The summed E-state index contributed by atoms with van der Waals surface area (Å²) in [6.45, 7) is 1.77. The van der Waals surface area contributed by atoms with Gasteiger partial charge in [-0.1, -0.05) is 0 Å². The molecule has 19 heavy (non-hydrogen) atoms. The second kappa shape index (κ2) is 4.74. The summed E-state index contributed by atoms with van der Waals surface area (Å²) in [6.07, 6.45) is 0. The average molecular weight is 254 g/mol. The third kappa shape index (κ3) is 2.35. The molecule has 6 nitrogen and oxygen atoms in total. The lowest BCUT2D eigenvalue weighted by Crippen LogP contribution is -1.99. The smallest absolute Gasteiger partial charge is 0.269 e. The number of nitrogen functional groups attached to an aromatic ring is 1. The molecule has 0 saturated carbocycles. The number of nitrogens with two attached hydrogens (primary N) is 1. The van der Waals surface area contributed by atoms with Crippen LogP contribution in [0.3, 0.4) is 0 Å². The van der Waals surface area contributed by atoms with Crippen LogP contribution < -0.4 is 5.73 Å². The Labute approximate surface area is 109 Å². The first-order valence-electron chi connectivity index (χ1n) is 5.45. The fraction of sp³-hybridized carbons (Fsp3) is 0.0769. The van der Waals surface area contributed by atoms with Crippen molar-refractivity contribution in [1.82, 2.24) is 4.98 Å². The first-order chi connectivity index (χ1) is 9.02. The molecule has 0 amide bonds. The molecular weight excluding hydrogens is 244 g/mol. The van der Waals surface area contributed by atoms with Crippen molar-refractivity contribution in [1.29, 1.82) is 5.26 Å². The SMILES string of the molecule is Cc1cc(-c2ccc([N+](=O)[O-])cc2)c(C#N)c(N)n1. The van der Waals surface area contributed by atoms with E-state index in [9.17, 15) is 10.1 Å². The number of nitrogens with zero attached hydrogens (tertiary/aromatic N) is 3. The molecule has 0 fully saturated rings. The Bertz CT molecular complexity index is 687. The van der Waals surface area contributed by atoms with Gasteiger partial charge in [-0.15, -0.1) is 0 Å². The minimum atomic E-state index is -0.471. The van der Waals surface area contributed by atoms with Gasteiger partial charge < -0.3 is 5.73 Å². The molecule has 0 spiro atoms. The Morgan fingerprint density at radius 2 is 2.00 bits per heavy atom. The lowest BCUT2D eigenvalue weighted by molar-refractivity contribution is -0.384. The monoisotopic (exact) mass is 254 g/mol. The van der Waals surface area contributed by atoms with E-state index in [1.807, 2.05) is 6.07 Å². The van der Waals surface area contributed by atoms with Gasteiger partial charge in [0.05, 0.1) is 4.92 Å². The number of rotatable bonds is 2. The Balaban J connectivity index is 2.59. The number of aromatic nitrogens is 1. The van der Waals surface area contributed by atoms with Crippen molar-refractivity contribution in [2.24, 2.45) is 0 Å². The predicted molar refractivity (Wildman–Crippen MR) is 70.2 cm³/mol. The summed E-state index contributed by atoms with van der Waals surface area (Å²) in [4.78, 5) is 14.2. The zero-order chi connectivity index (χ0) is 14.0. The van der Waals surface area contributed by atoms with E-state index in [1.54, 1.807) is 25.1 Å². The van der Waals surface area contributed by atoms with Crippen LogP contribution in [-0.4, -0.2) is 9.91 Å². The maximum Gasteiger partial charge on any atom is 0.269 e. The molecule has 0 aliphatic rings. The van der Waals surface area contributed by atoms with E-state index in [1.165, 1.54) is 12.1 Å². The number of hydrogen-bond acceptors (Lipinski definition) is 5. The molecule has 2 aromatic rings. The molecule has 94 valence electrons. The van der Waals surface area contributed by atoms with E-state index in [-0.39, 0.29) is 17.1 Å². The lowest BCUT2D eigenvalue weighted by Gasteiger charge is -2.07. The highest BCUT2D eigenvalue weighted by Gasteiger charge is 2.12. The molecule has 1 aromatic heterocycles. The number of hydrogen-bond donors (Lipinski definition) is 1. The standard InChI is InChI=1S/C13H10N4O2/c1-8-6-11(12(7-14)13(15)16-8)9-2-4-10(5-3-9)17(18)19/h2-6H,1H3,(H2,15,16). The van der Waals surface area contributed by atoms with Gasteiger partial charge in [0.15, 0.2) is 0 Å². The number of pyridine rings is 1. The molecule has 0 aliphatic carbocycles. The van der Waals surface area contributed by atoms with Crippen LogP contribution >= 0.6 is 0 Å². The van der Waals surface area contributed by atoms with Gasteiger partial charge in [-0.3, -0.25) is 10.1 Å². The topological polar surface area (TPSA) is 106 Å². The summed E-state index contributed by atoms with van der Waals surface area (Å²) in [5.41, 5.74) is 7.99. The molecule has 0 bridgehead atoms. The van der Waals surface area contributed by atoms with Crippen LogP contribution in [0.15, 0.2) is 30.3 Å². The van der Waals surface area contributed by atoms with Gasteiger partial charge in [-0.25, -0.2) is 4.98 Å². The van der Waals surface area contributed by atoms with Gasteiger partial charge in [0, 0.05) is 23.4 Å². The van der Waals surface area contributed by atoms with Crippen LogP contribution in [0.5, 0.6) is 0 Å². The number of nitro groups is 1. The Kier molecular flexibility index (Phi) is 3.12. The van der Waals surface area contributed by atoms with E-state index < -0.39 is 4.92 Å². The Hall–Kier alpha value is -2.94. The number of nitriles is 1. The van der Waals surface area contributed by atoms with Crippen LogP contribution in [0.1, 0.15) is 11.3 Å². The summed E-state index contributed by atoms with van der Waals surface area (Å²) in [5.74, 6) is 0.163. The van der Waals surface area contributed by atoms with Crippen molar-refractivity contribution in [3.63, 3.8) is 0 Å². The van der Waals surface area contributed by atoms with Crippen LogP contribution in [-0.2, 0) is 0 Å². The van der Waals surface area contributed by atoms with Gasteiger partial charge in [0.1, 0.15) is 17.5 Å². The van der Waals surface area contributed by atoms with Crippen LogP contribution in [0.2, 0.25) is 0 Å². The number of aryl methyl sites for hydroxylation is 1. The minimum Gasteiger partial charge on any atom is -0.383 e. The molecule has 0 unspecified atom stereocenters. The van der Waals surface area contributed by atoms with Crippen molar-refractivity contribution >= 4 is 11.5 Å². The van der Waals surface area contributed by atoms with E-state index in [4.69, 9.17) is 11.0 Å². The molecule has 1 aromatic carbocycles. The molecule has 2 rings (SSSR count). The second-order valence-corrected chi connectivity index (χ2v) is 3.99. The van der Waals surface area contributed by atoms with Crippen LogP contribution in [0.25, 0.3) is 11.1 Å². The number of anilines is 1. The van der Waals surface area contributed by atoms with Gasteiger partial charge in [0.2, 0.25) is 0 Å². The summed E-state index contributed by atoms with van der Waals surface area (Å²) in [5, 5.41) is 19.7. The Morgan fingerprint density at radius 1 is 1.37 bits per heavy atom. The predicted octanol–water partition coefficient (Wildman–Crippen LogP) is 2.42. The fourth-order valence-corrected chi connectivity index (χ4v) is 1.81. The first kappa shape index (κ1) is 12.5. The van der Waals surface area contributed by atoms with Crippen molar-refractivity contribution in [2.75, 3.05) is 5.73 Å². The molecule has 1 heterocycles.